The summed E-state index contributed by atoms with van der Waals surface area (Å²) in [4.78, 5) is 19.7. The molecule has 1 saturated carbocycles. The van der Waals surface area contributed by atoms with Crippen molar-refractivity contribution in [3.63, 3.8) is 0 Å². The zero-order valence-electron chi connectivity index (χ0n) is 14.5. The second-order valence-electron chi connectivity index (χ2n) is 7.49. The third kappa shape index (κ3) is 2.52. The number of rotatable bonds is 4. The molecule has 3 atom stereocenters. The van der Waals surface area contributed by atoms with Crippen molar-refractivity contribution in [1.29, 1.82) is 0 Å². The van der Waals surface area contributed by atoms with E-state index >= 15 is 0 Å². The summed E-state index contributed by atoms with van der Waals surface area (Å²) in [5, 5.41) is 4.29. The Hall–Kier alpha value is -2.17. The molecule has 2 aliphatic rings. The van der Waals surface area contributed by atoms with Crippen LogP contribution < -0.4 is 0 Å². The van der Waals surface area contributed by atoms with Crippen LogP contribution in [0.3, 0.4) is 0 Å². The van der Waals surface area contributed by atoms with E-state index in [1.54, 1.807) is 10.7 Å². The van der Waals surface area contributed by atoms with Gasteiger partial charge in [0.05, 0.1) is 6.20 Å². The molecule has 2 bridgehead atoms. The largest absolute Gasteiger partial charge is 0.336 e. The molecular weight excluding hydrogens is 300 g/mol. The number of aromatic nitrogens is 3. The number of hydrogen-bond acceptors (Lipinski definition) is 3. The first kappa shape index (κ1) is 15.4. The molecule has 0 aliphatic heterocycles. The number of fused-ring (bicyclic) bond motifs is 3. The first-order valence-electron chi connectivity index (χ1n) is 8.83. The lowest BCUT2D eigenvalue weighted by Gasteiger charge is -2.31. The van der Waals surface area contributed by atoms with Crippen molar-refractivity contribution in [1.82, 2.24) is 19.5 Å². The van der Waals surface area contributed by atoms with Gasteiger partial charge in [-0.15, -0.1) is 0 Å². The summed E-state index contributed by atoms with van der Waals surface area (Å²) in [7, 11) is 0. The van der Waals surface area contributed by atoms with E-state index < -0.39 is 0 Å². The molecule has 126 valence electrons. The highest BCUT2D eigenvalue weighted by atomic mass is 16.2. The first-order chi connectivity index (χ1) is 11.5. The Bertz CT molecular complexity index is 807. The summed E-state index contributed by atoms with van der Waals surface area (Å²) in [5.41, 5.74) is 2.15. The fourth-order valence-electron chi connectivity index (χ4n) is 4.15. The van der Waals surface area contributed by atoms with Crippen LogP contribution in [0.15, 0.2) is 30.6 Å². The van der Waals surface area contributed by atoms with E-state index in [4.69, 9.17) is 0 Å². The Balaban J connectivity index is 1.61. The Morgan fingerprint density at radius 1 is 1.38 bits per heavy atom. The van der Waals surface area contributed by atoms with Crippen LogP contribution in [0.25, 0.3) is 5.65 Å². The number of nitrogens with zero attached hydrogens (tertiary/aromatic N) is 4. The van der Waals surface area contributed by atoms with Gasteiger partial charge in [0.1, 0.15) is 5.56 Å². The molecule has 1 fully saturated rings. The highest BCUT2D eigenvalue weighted by Crippen LogP contribution is 2.43. The minimum absolute atomic E-state index is 0.0462. The van der Waals surface area contributed by atoms with Gasteiger partial charge in [0.2, 0.25) is 0 Å². The fourth-order valence-corrected chi connectivity index (χ4v) is 4.15. The Labute approximate surface area is 142 Å². The SMILES string of the molecule is Cc1ccn2ncc(C(=O)N(C[C@H]3C[C@H]4C=C[C@H]3C4)C(C)C)c2n1. The van der Waals surface area contributed by atoms with E-state index in [2.05, 4.69) is 36.1 Å². The van der Waals surface area contributed by atoms with Crippen LogP contribution in [0.5, 0.6) is 0 Å². The van der Waals surface area contributed by atoms with Crippen molar-refractivity contribution in [2.75, 3.05) is 6.54 Å². The Kier molecular flexibility index (Phi) is 3.66. The summed E-state index contributed by atoms with van der Waals surface area (Å²) >= 11 is 0. The molecule has 1 amide bonds. The van der Waals surface area contributed by atoms with Gasteiger partial charge in [-0.05, 0) is 57.4 Å². The van der Waals surface area contributed by atoms with Gasteiger partial charge in [-0.2, -0.15) is 5.10 Å². The van der Waals surface area contributed by atoms with Gasteiger partial charge in [-0.25, -0.2) is 9.50 Å². The monoisotopic (exact) mass is 324 g/mol. The van der Waals surface area contributed by atoms with Gasteiger partial charge in [0.15, 0.2) is 5.65 Å². The number of hydrogen-bond donors (Lipinski definition) is 0. The predicted octanol–water partition coefficient (Wildman–Crippen LogP) is 3.10. The lowest BCUT2D eigenvalue weighted by atomic mass is 9.92. The predicted molar refractivity (Wildman–Crippen MR) is 92.7 cm³/mol. The van der Waals surface area contributed by atoms with Gasteiger partial charge in [-0.1, -0.05) is 12.2 Å². The van der Waals surface area contributed by atoms with Crippen molar-refractivity contribution < 1.29 is 4.79 Å². The van der Waals surface area contributed by atoms with Gasteiger partial charge < -0.3 is 4.90 Å². The van der Waals surface area contributed by atoms with Crippen LogP contribution in [0.4, 0.5) is 0 Å². The summed E-state index contributed by atoms with van der Waals surface area (Å²) in [5.74, 6) is 2.01. The minimum atomic E-state index is 0.0462. The molecule has 0 unspecified atom stereocenters. The molecule has 2 aromatic rings. The lowest BCUT2D eigenvalue weighted by molar-refractivity contribution is 0.0663. The lowest BCUT2D eigenvalue weighted by Crippen LogP contribution is -2.41. The molecule has 24 heavy (non-hydrogen) atoms. The Morgan fingerprint density at radius 2 is 2.21 bits per heavy atom. The summed E-state index contributed by atoms with van der Waals surface area (Å²) in [6.07, 6.45) is 10.7. The van der Waals surface area contributed by atoms with E-state index in [0.717, 1.165) is 18.2 Å². The van der Waals surface area contributed by atoms with Crippen LogP contribution in [0, 0.1) is 24.7 Å². The summed E-state index contributed by atoms with van der Waals surface area (Å²) < 4.78 is 1.68. The average molecular weight is 324 g/mol. The molecule has 2 aliphatic carbocycles. The van der Waals surface area contributed by atoms with E-state index in [1.807, 2.05) is 24.1 Å². The summed E-state index contributed by atoms with van der Waals surface area (Å²) in [6, 6.07) is 2.07. The van der Waals surface area contributed by atoms with Crippen LogP contribution in [-0.2, 0) is 0 Å². The molecule has 5 nitrogen and oxygen atoms in total. The third-order valence-electron chi connectivity index (χ3n) is 5.47. The Morgan fingerprint density at radius 3 is 2.88 bits per heavy atom. The van der Waals surface area contributed by atoms with Crippen LogP contribution in [0.1, 0.15) is 42.7 Å². The quantitative estimate of drug-likeness (QED) is 0.812. The van der Waals surface area contributed by atoms with E-state index in [-0.39, 0.29) is 11.9 Å². The van der Waals surface area contributed by atoms with Crippen molar-refractivity contribution in [3.8, 4) is 0 Å². The molecule has 0 radical (unpaired) electrons. The molecule has 0 spiro atoms. The number of aryl methyl sites for hydroxylation is 1. The van der Waals surface area contributed by atoms with Gasteiger partial charge >= 0.3 is 0 Å². The van der Waals surface area contributed by atoms with Crippen LogP contribution >= 0.6 is 0 Å². The zero-order valence-corrected chi connectivity index (χ0v) is 14.5. The number of carbonyl (C=O) groups is 1. The van der Waals surface area contributed by atoms with Crippen molar-refractivity contribution >= 4 is 11.6 Å². The molecule has 2 heterocycles. The topological polar surface area (TPSA) is 50.5 Å². The number of allylic oxidation sites excluding steroid dienone is 2. The smallest absolute Gasteiger partial charge is 0.259 e. The van der Waals surface area contributed by atoms with E-state index in [1.165, 1.54) is 12.8 Å². The minimum Gasteiger partial charge on any atom is -0.336 e. The highest BCUT2D eigenvalue weighted by molar-refractivity contribution is 5.99. The van der Waals surface area contributed by atoms with E-state index in [0.29, 0.717) is 23.0 Å². The maximum absolute atomic E-state index is 13.2. The fraction of sp³-hybridized carbons (Fsp3) is 0.526. The van der Waals surface area contributed by atoms with Crippen LogP contribution in [0.2, 0.25) is 0 Å². The standard InChI is InChI=1S/C19H24N4O/c1-12(2)22(11-16-9-14-4-5-15(16)8-14)19(24)17-10-20-23-7-6-13(3)21-18(17)23/h4-7,10,12,14-16H,8-9,11H2,1-3H3/t14-,15-,16+/m0/s1. The van der Waals surface area contributed by atoms with Gasteiger partial charge in [0.25, 0.3) is 5.91 Å². The van der Waals surface area contributed by atoms with Crippen molar-refractivity contribution in [3.05, 3.63) is 41.9 Å². The average Bonchev–Trinajstić information content (AvgIpc) is 3.26. The second kappa shape index (κ2) is 5.72. The number of carbonyl (C=O) groups excluding carboxylic acids is 1. The van der Waals surface area contributed by atoms with Crippen molar-refractivity contribution in [2.24, 2.45) is 17.8 Å². The molecule has 5 heteroatoms. The number of amides is 1. The normalized spacial score (nSPS) is 25.1. The maximum Gasteiger partial charge on any atom is 0.259 e. The molecule has 0 N–H and O–H groups in total. The van der Waals surface area contributed by atoms with Gasteiger partial charge in [-0.3, -0.25) is 4.79 Å². The molecule has 4 rings (SSSR count). The summed E-state index contributed by atoms with van der Waals surface area (Å²) in [6.45, 7) is 6.94. The molecule has 0 saturated heterocycles. The highest BCUT2D eigenvalue weighted by Gasteiger charge is 2.38. The molecule has 2 aromatic heterocycles. The van der Waals surface area contributed by atoms with E-state index in [9.17, 15) is 4.79 Å². The second-order valence-corrected chi connectivity index (χ2v) is 7.49. The van der Waals surface area contributed by atoms with Crippen LogP contribution in [-0.4, -0.2) is 38.0 Å². The maximum atomic E-state index is 13.2. The molecular formula is C19H24N4O. The molecule has 0 aromatic carbocycles. The van der Waals surface area contributed by atoms with Crippen molar-refractivity contribution in [2.45, 2.75) is 39.7 Å². The van der Waals surface area contributed by atoms with Gasteiger partial charge in [0, 0.05) is 24.5 Å². The first-order valence-corrected chi connectivity index (χ1v) is 8.83. The zero-order chi connectivity index (χ0) is 16.8. The third-order valence-corrected chi connectivity index (χ3v) is 5.47.